The Hall–Kier alpha value is -2.48. The second-order valence-electron chi connectivity index (χ2n) is 6.36. The summed E-state index contributed by atoms with van der Waals surface area (Å²) in [6.45, 7) is 0.833. The topological polar surface area (TPSA) is 92.3 Å². The number of anilines is 2. The van der Waals surface area contributed by atoms with Crippen LogP contribution >= 0.6 is 0 Å². The first-order chi connectivity index (χ1) is 12.0. The molecule has 0 bridgehead atoms. The third-order valence-corrected chi connectivity index (χ3v) is 6.37. The van der Waals surface area contributed by atoms with Crippen molar-refractivity contribution in [3.05, 3.63) is 47.9 Å². The second-order valence-corrected chi connectivity index (χ2v) is 8.59. The van der Waals surface area contributed by atoms with Gasteiger partial charge in [0.25, 0.3) is 5.91 Å². The SMILES string of the molecule is O=C(NC1CCS(=O)(=O)C1)c1cnc(N2CCc3ccccc32)cn1. The van der Waals surface area contributed by atoms with E-state index in [-0.39, 0.29) is 29.1 Å². The molecule has 2 aliphatic heterocycles. The Kier molecular flexibility index (Phi) is 3.91. The van der Waals surface area contributed by atoms with Crippen LogP contribution < -0.4 is 10.2 Å². The van der Waals surface area contributed by atoms with Gasteiger partial charge in [0.2, 0.25) is 0 Å². The number of hydrogen-bond acceptors (Lipinski definition) is 6. The molecular weight excluding hydrogens is 340 g/mol. The Morgan fingerprint density at radius 2 is 2.04 bits per heavy atom. The van der Waals surface area contributed by atoms with Crippen LogP contribution in [0.15, 0.2) is 36.7 Å². The van der Waals surface area contributed by atoms with E-state index in [4.69, 9.17) is 0 Å². The Labute approximate surface area is 146 Å². The second kappa shape index (κ2) is 6.11. The fourth-order valence-electron chi connectivity index (χ4n) is 3.32. The third-order valence-electron chi connectivity index (χ3n) is 4.60. The van der Waals surface area contributed by atoms with Gasteiger partial charge in [-0.3, -0.25) is 4.79 Å². The van der Waals surface area contributed by atoms with Crippen LogP contribution in [0.5, 0.6) is 0 Å². The summed E-state index contributed by atoms with van der Waals surface area (Å²) in [5.41, 5.74) is 2.58. The molecule has 7 nitrogen and oxygen atoms in total. The van der Waals surface area contributed by atoms with Gasteiger partial charge in [0.05, 0.1) is 23.9 Å². The molecule has 0 saturated carbocycles. The first-order valence-corrected chi connectivity index (χ1v) is 10.0. The number of para-hydroxylation sites is 1. The fraction of sp³-hybridized carbons (Fsp3) is 0.353. The van der Waals surface area contributed by atoms with E-state index in [9.17, 15) is 13.2 Å². The van der Waals surface area contributed by atoms with Gasteiger partial charge in [-0.1, -0.05) is 18.2 Å². The van der Waals surface area contributed by atoms with Gasteiger partial charge < -0.3 is 10.2 Å². The lowest BCUT2D eigenvalue weighted by molar-refractivity contribution is 0.0935. The summed E-state index contributed by atoms with van der Waals surface area (Å²) in [5.74, 6) is 0.430. The summed E-state index contributed by atoms with van der Waals surface area (Å²) >= 11 is 0. The maximum absolute atomic E-state index is 12.2. The number of benzene rings is 1. The van der Waals surface area contributed by atoms with E-state index in [0.717, 1.165) is 18.7 Å². The number of sulfone groups is 1. The Morgan fingerprint density at radius 3 is 2.76 bits per heavy atom. The number of carbonyl (C=O) groups excluding carboxylic acids is 1. The van der Waals surface area contributed by atoms with Crippen molar-refractivity contribution < 1.29 is 13.2 Å². The minimum Gasteiger partial charge on any atom is -0.347 e. The summed E-state index contributed by atoms with van der Waals surface area (Å²) in [5, 5.41) is 2.72. The van der Waals surface area contributed by atoms with Crippen LogP contribution in [0.25, 0.3) is 0 Å². The molecule has 4 rings (SSSR count). The predicted octanol–water partition coefficient (Wildman–Crippen LogP) is 1.09. The van der Waals surface area contributed by atoms with Crippen molar-refractivity contribution in [3.63, 3.8) is 0 Å². The molecule has 2 aromatic rings. The first-order valence-electron chi connectivity index (χ1n) is 8.21. The van der Waals surface area contributed by atoms with E-state index in [1.165, 1.54) is 11.8 Å². The molecule has 1 saturated heterocycles. The number of amides is 1. The van der Waals surface area contributed by atoms with Gasteiger partial charge in [0.15, 0.2) is 15.7 Å². The van der Waals surface area contributed by atoms with Crippen molar-refractivity contribution >= 4 is 27.2 Å². The molecule has 25 heavy (non-hydrogen) atoms. The van der Waals surface area contributed by atoms with Crippen molar-refractivity contribution in [2.24, 2.45) is 0 Å². The van der Waals surface area contributed by atoms with Crippen LogP contribution in [0.3, 0.4) is 0 Å². The van der Waals surface area contributed by atoms with E-state index in [2.05, 4.69) is 26.3 Å². The highest BCUT2D eigenvalue weighted by Crippen LogP contribution is 2.32. The number of hydrogen-bond donors (Lipinski definition) is 1. The zero-order valence-electron chi connectivity index (χ0n) is 13.6. The first kappa shape index (κ1) is 16.0. The Bertz CT molecular complexity index is 912. The van der Waals surface area contributed by atoms with Crippen molar-refractivity contribution in [1.82, 2.24) is 15.3 Å². The normalized spacial score (nSPS) is 21.1. The van der Waals surface area contributed by atoms with Crippen LogP contribution in [-0.2, 0) is 16.3 Å². The molecule has 130 valence electrons. The number of rotatable bonds is 3. The lowest BCUT2D eigenvalue weighted by Gasteiger charge is -2.18. The predicted molar refractivity (Wildman–Crippen MR) is 93.7 cm³/mol. The highest BCUT2D eigenvalue weighted by atomic mass is 32.2. The van der Waals surface area contributed by atoms with Crippen LogP contribution in [0.2, 0.25) is 0 Å². The average Bonchev–Trinajstić information content (AvgIpc) is 3.18. The lowest BCUT2D eigenvalue weighted by Crippen LogP contribution is -2.36. The maximum Gasteiger partial charge on any atom is 0.271 e. The molecule has 1 aromatic heterocycles. The largest absolute Gasteiger partial charge is 0.347 e. The number of nitrogens with one attached hydrogen (secondary N) is 1. The molecule has 1 fully saturated rings. The molecule has 1 N–H and O–H groups in total. The van der Waals surface area contributed by atoms with E-state index in [1.54, 1.807) is 6.20 Å². The monoisotopic (exact) mass is 358 g/mol. The molecule has 0 spiro atoms. The highest BCUT2D eigenvalue weighted by molar-refractivity contribution is 7.91. The van der Waals surface area contributed by atoms with Gasteiger partial charge in [0.1, 0.15) is 5.69 Å². The lowest BCUT2D eigenvalue weighted by atomic mass is 10.2. The third kappa shape index (κ3) is 3.21. The van der Waals surface area contributed by atoms with E-state index in [0.29, 0.717) is 12.2 Å². The number of aromatic nitrogens is 2. The van der Waals surface area contributed by atoms with Crippen LogP contribution in [0.4, 0.5) is 11.5 Å². The zero-order valence-corrected chi connectivity index (χ0v) is 14.4. The number of carbonyl (C=O) groups is 1. The molecule has 1 aromatic carbocycles. The minimum absolute atomic E-state index is 0.00514. The number of nitrogens with zero attached hydrogens (tertiary/aromatic N) is 3. The standard InChI is InChI=1S/C17H18N4O3S/c22-17(20-13-6-8-25(23,24)11-13)14-9-19-16(10-18-14)21-7-5-12-3-1-2-4-15(12)21/h1-4,9-10,13H,5-8,11H2,(H,20,22). The summed E-state index contributed by atoms with van der Waals surface area (Å²) in [6.07, 6.45) is 4.43. The Morgan fingerprint density at radius 1 is 1.20 bits per heavy atom. The van der Waals surface area contributed by atoms with Gasteiger partial charge in [-0.2, -0.15) is 0 Å². The number of fused-ring (bicyclic) bond motifs is 1. The van der Waals surface area contributed by atoms with Crippen molar-refractivity contribution in [1.29, 1.82) is 0 Å². The molecule has 1 atom stereocenters. The van der Waals surface area contributed by atoms with Gasteiger partial charge in [-0.15, -0.1) is 0 Å². The Balaban J connectivity index is 1.47. The fourth-order valence-corrected chi connectivity index (χ4v) is 5.00. The summed E-state index contributed by atoms with van der Waals surface area (Å²) in [7, 11) is -3.03. The molecule has 1 amide bonds. The quantitative estimate of drug-likeness (QED) is 0.883. The van der Waals surface area contributed by atoms with Crippen LogP contribution in [0, 0.1) is 0 Å². The summed E-state index contributed by atoms with van der Waals surface area (Å²) in [6, 6.07) is 7.81. The molecule has 3 heterocycles. The van der Waals surface area contributed by atoms with Crippen LogP contribution in [0.1, 0.15) is 22.5 Å². The van der Waals surface area contributed by atoms with Gasteiger partial charge in [-0.05, 0) is 24.5 Å². The van der Waals surface area contributed by atoms with E-state index in [1.807, 2.05) is 18.2 Å². The minimum atomic E-state index is -3.03. The maximum atomic E-state index is 12.2. The van der Waals surface area contributed by atoms with Gasteiger partial charge in [0, 0.05) is 18.3 Å². The van der Waals surface area contributed by atoms with E-state index < -0.39 is 9.84 Å². The average molecular weight is 358 g/mol. The molecule has 2 aliphatic rings. The molecule has 1 unspecified atom stereocenters. The van der Waals surface area contributed by atoms with E-state index >= 15 is 0 Å². The molecular formula is C17H18N4O3S. The summed E-state index contributed by atoms with van der Waals surface area (Å²) in [4.78, 5) is 22.9. The smallest absolute Gasteiger partial charge is 0.271 e. The summed E-state index contributed by atoms with van der Waals surface area (Å²) < 4.78 is 22.9. The zero-order chi connectivity index (χ0) is 17.4. The van der Waals surface area contributed by atoms with Crippen molar-refractivity contribution in [2.45, 2.75) is 18.9 Å². The molecule has 0 radical (unpaired) electrons. The van der Waals surface area contributed by atoms with Crippen LogP contribution in [-0.4, -0.2) is 48.4 Å². The van der Waals surface area contributed by atoms with Gasteiger partial charge in [-0.25, -0.2) is 18.4 Å². The highest BCUT2D eigenvalue weighted by Gasteiger charge is 2.29. The van der Waals surface area contributed by atoms with Crippen molar-refractivity contribution in [3.8, 4) is 0 Å². The van der Waals surface area contributed by atoms with Gasteiger partial charge >= 0.3 is 0 Å². The molecule has 8 heteroatoms. The molecule has 0 aliphatic carbocycles. The van der Waals surface area contributed by atoms with Crippen molar-refractivity contribution in [2.75, 3.05) is 23.0 Å².